The first-order chi connectivity index (χ1) is 7.19. The topological polar surface area (TPSA) is 70.6 Å². The van der Waals surface area contributed by atoms with E-state index in [-0.39, 0.29) is 6.04 Å². The van der Waals surface area contributed by atoms with E-state index in [0.717, 1.165) is 19.3 Å². The molecule has 0 aromatic carbocycles. The molecule has 15 heavy (non-hydrogen) atoms. The van der Waals surface area contributed by atoms with Crippen LogP contribution in [0.1, 0.15) is 19.3 Å². The van der Waals surface area contributed by atoms with Gasteiger partial charge in [-0.3, -0.25) is 20.2 Å². The van der Waals surface area contributed by atoms with Crippen molar-refractivity contribution in [1.29, 1.82) is 0 Å². The maximum Gasteiger partial charge on any atom is 0.316 e. The van der Waals surface area contributed by atoms with Crippen LogP contribution in [0.5, 0.6) is 0 Å². The van der Waals surface area contributed by atoms with Gasteiger partial charge in [-0.25, -0.2) is 4.99 Å². The smallest absolute Gasteiger partial charge is 0.288 e. The van der Waals surface area contributed by atoms with Crippen molar-refractivity contribution in [2.24, 2.45) is 4.99 Å². The quantitative estimate of drug-likeness (QED) is 0.646. The lowest BCUT2D eigenvalue weighted by Gasteiger charge is -2.05. The minimum atomic E-state index is -0.617. The van der Waals surface area contributed by atoms with Gasteiger partial charge < -0.3 is 0 Å². The van der Waals surface area contributed by atoms with Crippen molar-refractivity contribution < 1.29 is 9.59 Å². The van der Waals surface area contributed by atoms with E-state index in [1.54, 1.807) is 0 Å². The third-order valence-corrected chi connectivity index (χ3v) is 3.77. The fourth-order valence-corrected chi connectivity index (χ4v) is 2.64. The highest BCUT2D eigenvalue weighted by Gasteiger charge is 2.28. The van der Waals surface area contributed by atoms with Crippen LogP contribution in [0, 0.1) is 0 Å². The molecule has 2 aliphatic rings. The molecule has 0 spiro atoms. The van der Waals surface area contributed by atoms with Gasteiger partial charge in [-0.05, 0) is 25.5 Å². The molecule has 1 heterocycles. The van der Waals surface area contributed by atoms with Crippen LogP contribution in [0.2, 0.25) is 0 Å². The Morgan fingerprint density at radius 2 is 1.93 bits per heavy atom. The molecule has 1 aliphatic heterocycles. The van der Waals surface area contributed by atoms with Crippen molar-refractivity contribution in [2.75, 3.05) is 6.26 Å². The van der Waals surface area contributed by atoms with E-state index >= 15 is 0 Å². The van der Waals surface area contributed by atoms with Crippen LogP contribution in [0.3, 0.4) is 0 Å². The standard InChI is InChI=1S/C9H13N3O2S/c1-15-6-3-2-5(4-6)10-9-11-7(13)8(14)12-9/h5-6H,2-4H2,1H3,(H2,10,11,12,13,14). The third kappa shape index (κ3) is 2.31. The number of carbonyl (C=O) groups excluding carboxylic acids is 2. The van der Waals surface area contributed by atoms with Gasteiger partial charge in [-0.15, -0.1) is 0 Å². The van der Waals surface area contributed by atoms with E-state index < -0.39 is 11.8 Å². The first-order valence-corrected chi connectivity index (χ1v) is 6.20. The maximum absolute atomic E-state index is 10.9. The zero-order valence-corrected chi connectivity index (χ0v) is 9.26. The Hall–Kier alpha value is -1.04. The summed E-state index contributed by atoms with van der Waals surface area (Å²) in [6.07, 6.45) is 5.31. The maximum atomic E-state index is 10.9. The fourth-order valence-electron chi connectivity index (χ4n) is 1.86. The number of guanidine groups is 1. The number of thioether (sulfide) groups is 1. The van der Waals surface area contributed by atoms with Crippen LogP contribution in [-0.2, 0) is 9.59 Å². The van der Waals surface area contributed by atoms with Gasteiger partial charge in [0.25, 0.3) is 0 Å². The number of nitrogens with one attached hydrogen (secondary N) is 2. The van der Waals surface area contributed by atoms with Crippen LogP contribution in [0.15, 0.2) is 4.99 Å². The van der Waals surface area contributed by atoms with Crippen molar-refractivity contribution in [1.82, 2.24) is 10.6 Å². The molecule has 0 aromatic rings. The number of aliphatic imine (C=N–C) groups is 1. The molecule has 2 atom stereocenters. The summed E-state index contributed by atoms with van der Waals surface area (Å²) >= 11 is 1.85. The average molecular weight is 227 g/mol. The molecule has 2 amide bonds. The van der Waals surface area contributed by atoms with Crippen LogP contribution >= 0.6 is 11.8 Å². The lowest BCUT2D eigenvalue weighted by molar-refractivity contribution is -0.135. The largest absolute Gasteiger partial charge is 0.316 e. The number of carbonyl (C=O) groups is 2. The first kappa shape index (κ1) is 10.5. The van der Waals surface area contributed by atoms with Crippen LogP contribution in [0.4, 0.5) is 0 Å². The molecule has 2 fully saturated rings. The van der Waals surface area contributed by atoms with E-state index in [1.807, 2.05) is 11.8 Å². The molecule has 6 heteroatoms. The number of hydrogen-bond acceptors (Lipinski definition) is 4. The number of nitrogens with zero attached hydrogens (tertiary/aromatic N) is 1. The number of hydrogen-bond donors (Lipinski definition) is 2. The predicted octanol–water partition coefficient (Wildman–Crippen LogP) is -0.128. The Morgan fingerprint density at radius 3 is 2.47 bits per heavy atom. The molecular weight excluding hydrogens is 214 g/mol. The molecule has 82 valence electrons. The number of rotatable bonds is 2. The van der Waals surface area contributed by atoms with Gasteiger partial charge in [-0.2, -0.15) is 11.8 Å². The zero-order valence-electron chi connectivity index (χ0n) is 8.45. The molecule has 0 bridgehead atoms. The van der Waals surface area contributed by atoms with Gasteiger partial charge in [0, 0.05) is 5.25 Å². The van der Waals surface area contributed by atoms with Gasteiger partial charge in [0.1, 0.15) is 0 Å². The Bertz CT molecular complexity index is 311. The second-order valence-corrected chi connectivity index (χ2v) is 4.85. The summed E-state index contributed by atoms with van der Waals surface area (Å²) in [6.45, 7) is 0. The third-order valence-electron chi connectivity index (χ3n) is 2.67. The number of amides is 2. The monoisotopic (exact) mass is 227 g/mol. The summed E-state index contributed by atoms with van der Waals surface area (Å²) in [5, 5.41) is 5.47. The molecule has 5 nitrogen and oxygen atoms in total. The van der Waals surface area contributed by atoms with E-state index in [1.165, 1.54) is 0 Å². The van der Waals surface area contributed by atoms with Gasteiger partial charge in [-0.1, -0.05) is 0 Å². The summed E-state index contributed by atoms with van der Waals surface area (Å²) in [5.41, 5.74) is 0. The molecule has 0 aromatic heterocycles. The molecule has 1 saturated heterocycles. The molecule has 2 N–H and O–H groups in total. The van der Waals surface area contributed by atoms with Crippen molar-refractivity contribution in [3.8, 4) is 0 Å². The normalized spacial score (nSPS) is 30.3. The summed E-state index contributed by atoms with van der Waals surface area (Å²) in [4.78, 5) is 26.1. The molecule has 2 unspecified atom stereocenters. The van der Waals surface area contributed by atoms with Crippen LogP contribution in [-0.4, -0.2) is 35.3 Å². The zero-order chi connectivity index (χ0) is 10.8. The average Bonchev–Trinajstić information content (AvgIpc) is 2.76. The molecule has 1 aliphatic carbocycles. The van der Waals surface area contributed by atoms with Gasteiger partial charge in [0.15, 0.2) is 0 Å². The lowest BCUT2D eigenvalue weighted by Crippen LogP contribution is -2.27. The van der Waals surface area contributed by atoms with E-state index in [4.69, 9.17) is 0 Å². The summed E-state index contributed by atoms with van der Waals surface area (Å²) in [6, 6.07) is 0.233. The first-order valence-electron chi connectivity index (χ1n) is 4.92. The van der Waals surface area contributed by atoms with Crippen molar-refractivity contribution in [2.45, 2.75) is 30.6 Å². The second kappa shape index (κ2) is 4.22. The molecular formula is C9H13N3O2S. The highest BCUT2D eigenvalue weighted by molar-refractivity contribution is 7.99. The van der Waals surface area contributed by atoms with E-state index in [2.05, 4.69) is 21.9 Å². The Morgan fingerprint density at radius 1 is 1.27 bits per heavy atom. The Kier molecular flexibility index (Phi) is 2.95. The molecule has 0 radical (unpaired) electrons. The lowest BCUT2D eigenvalue weighted by atomic mass is 10.3. The van der Waals surface area contributed by atoms with Gasteiger partial charge in [0.2, 0.25) is 5.96 Å². The highest BCUT2D eigenvalue weighted by atomic mass is 32.2. The van der Waals surface area contributed by atoms with Gasteiger partial charge >= 0.3 is 11.8 Å². The summed E-state index contributed by atoms with van der Waals surface area (Å²) in [5.74, 6) is -0.918. The van der Waals surface area contributed by atoms with Crippen molar-refractivity contribution in [3.63, 3.8) is 0 Å². The summed E-state index contributed by atoms with van der Waals surface area (Å²) < 4.78 is 0. The second-order valence-electron chi connectivity index (χ2n) is 3.71. The molecule has 2 rings (SSSR count). The van der Waals surface area contributed by atoms with E-state index in [9.17, 15) is 9.59 Å². The minimum Gasteiger partial charge on any atom is -0.288 e. The van der Waals surface area contributed by atoms with Crippen LogP contribution in [0.25, 0.3) is 0 Å². The predicted molar refractivity (Wildman–Crippen MR) is 58.7 cm³/mol. The van der Waals surface area contributed by atoms with Crippen LogP contribution < -0.4 is 10.6 Å². The van der Waals surface area contributed by atoms with Crippen molar-refractivity contribution >= 4 is 29.5 Å². The molecule has 1 saturated carbocycles. The summed E-state index contributed by atoms with van der Waals surface area (Å²) in [7, 11) is 0. The van der Waals surface area contributed by atoms with Crippen molar-refractivity contribution in [3.05, 3.63) is 0 Å². The SMILES string of the molecule is CSC1CCC(N=C2NC(=O)C(=O)N2)C1. The fraction of sp³-hybridized carbons (Fsp3) is 0.667. The minimum absolute atomic E-state index is 0.233. The highest BCUT2D eigenvalue weighted by Crippen LogP contribution is 2.30. The van der Waals surface area contributed by atoms with Gasteiger partial charge in [0.05, 0.1) is 6.04 Å². The van der Waals surface area contributed by atoms with E-state index in [0.29, 0.717) is 11.2 Å². The Balaban J connectivity index is 1.94. The Labute approximate surface area is 92.1 Å².